The van der Waals surface area contributed by atoms with Crippen molar-refractivity contribution in [2.24, 2.45) is 0 Å². The summed E-state index contributed by atoms with van der Waals surface area (Å²) in [7, 11) is 0. The second-order valence-electron chi connectivity index (χ2n) is 5.48. The van der Waals surface area contributed by atoms with Gasteiger partial charge in [0.15, 0.2) is 0 Å². The highest BCUT2D eigenvalue weighted by Gasteiger charge is 2.30. The minimum Gasteiger partial charge on any atom is -0.491 e. The molecule has 0 spiro atoms. The molecule has 20 heavy (non-hydrogen) atoms. The fourth-order valence-electron chi connectivity index (χ4n) is 2.46. The highest BCUT2D eigenvalue weighted by Crippen LogP contribution is 2.28. The number of aliphatic hydroxyl groups excluding tert-OH is 1. The number of nitrogens with one attached hydrogen (secondary N) is 1. The lowest BCUT2D eigenvalue weighted by molar-refractivity contribution is 0.0406. The van der Waals surface area contributed by atoms with E-state index in [1.165, 1.54) is 0 Å². The van der Waals surface area contributed by atoms with Gasteiger partial charge in [-0.05, 0) is 37.1 Å². The highest BCUT2D eigenvalue weighted by molar-refractivity contribution is 9.10. The van der Waals surface area contributed by atoms with Gasteiger partial charge in [-0.1, -0.05) is 28.8 Å². The maximum atomic E-state index is 10.2. The number of aliphatic hydroxyl groups is 2. The van der Waals surface area contributed by atoms with Crippen molar-refractivity contribution in [2.75, 3.05) is 19.7 Å². The highest BCUT2D eigenvalue weighted by atomic mass is 79.9. The van der Waals surface area contributed by atoms with Crippen molar-refractivity contribution < 1.29 is 14.9 Å². The van der Waals surface area contributed by atoms with E-state index in [1.807, 2.05) is 24.3 Å². The van der Waals surface area contributed by atoms with E-state index in [9.17, 15) is 10.2 Å². The summed E-state index contributed by atoms with van der Waals surface area (Å²) in [5, 5.41) is 23.1. The van der Waals surface area contributed by atoms with Crippen molar-refractivity contribution in [2.45, 2.75) is 37.4 Å². The van der Waals surface area contributed by atoms with Gasteiger partial charge in [-0.2, -0.15) is 0 Å². The van der Waals surface area contributed by atoms with E-state index in [-0.39, 0.29) is 6.61 Å². The van der Waals surface area contributed by atoms with Gasteiger partial charge < -0.3 is 20.3 Å². The fraction of sp³-hybridized carbons (Fsp3) is 0.600. The van der Waals surface area contributed by atoms with E-state index >= 15 is 0 Å². The lowest BCUT2D eigenvalue weighted by Crippen LogP contribution is -2.42. The average molecular weight is 344 g/mol. The Hall–Kier alpha value is -0.620. The summed E-state index contributed by atoms with van der Waals surface area (Å²) in [6.45, 7) is 1.22. The van der Waals surface area contributed by atoms with Gasteiger partial charge in [0.1, 0.15) is 18.5 Å². The van der Waals surface area contributed by atoms with Crippen LogP contribution in [-0.4, -0.2) is 41.6 Å². The van der Waals surface area contributed by atoms with E-state index in [2.05, 4.69) is 21.2 Å². The topological polar surface area (TPSA) is 61.7 Å². The molecular formula is C15H22BrNO3. The maximum absolute atomic E-state index is 10.2. The molecule has 112 valence electrons. The summed E-state index contributed by atoms with van der Waals surface area (Å²) in [4.78, 5) is 0. The Labute approximate surface area is 128 Å². The first kappa shape index (κ1) is 15.8. The molecule has 1 saturated carbocycles. The molecule has 1 atom stereocenters. The van der Waals surface area contributed by atoms with Gasteiger partial charge in [0.05, 0.1) is 5.60 Å². The summed E-state index contributed by atoms with van der Waals surface area (Å²) in [5.41, 5.74) is -0.577. The molecule has 0 amide bonds. The Morgan fingerprint density at radius 2 is 1.90 bits per heavy atom. The van der Waals surface area contributed by atoms with Crippen LogP contribution in [0.1, 0.15) is 25.7 Å². The first-order chi connectivity index (χ1) is 9.57. The Morgan fingerprint density at radius 3 is 2.55 bits per heavy atom. The van der Waals surface area contributed by atoms with Crippen molar-refractivity contribution >= 4 is 15.9 Å². The molecule has 3 N–H and O–H groups in total. The third-order valence-corrected chi connectivity index (χ3v) is 4.15. The average Bonchev–Trinajstić information content (AvgIpc) is 2.85. The van der Waals surface area contributed by atoms with Gasteiger partial charge >= 0.3 is 0 Å². The quantitative estimate of drug-likeness (QED) is 0.709. The summed E-state index contributed by atoms with van der Waals surface area (Å²) in [5.74, 6) is 0.738. The second-order valence-corrected chi connectivity index (χ2v) is 6.40. The molecule has 0 saturated heterocycles. The summed E-state index contributed by atoms with van der Waals surface area (Å²) in [6.07, 6.45) is 3.31. The van der Waals surface area contributed by atoms with E-state index in [0.717, 1.165) is 35.9 Å². The molecule has 2 rings (SSSR count). The molecule has 1 aromatic rings. The van der Waals surface area contributed by atoms with Crippen LogP contribution >= 0.6 is 15.9 Å². The lowest BCUT2D eigenvalue weighted by atomic mass is 10.0. The Balaban J connectivity index is 1.62. The van der Waals surface area contributed by atoms with Crippen LogP contribution in [0.25, 0.3) is 0 Å². The molecule has 1 aliphatic carbocycles. The van der Waals surface area contributed by atoms with Crippen LogP contribution in [0, 0.1) is 0 Å². The Kier molecular flexibility index (Phi) is 5.84. The Morgan fingerprint density at radius 1 is 1.25 bits per heavy atom. The van der Waals surface area contributed by atoms with Gasteiger partial charge in [-0.3, -0.25) is 0 Å². The van der Waals surface area contributed by atoms with E-state index < -0.39 is 11.7 Å². The molecule has 1 fully saturated rings. The number of hydrogen-bond acceptors (Lipinski definition) is 4. The van der Waals surface area contributed by atoms with E-state index in [0.29, 0.717) is 13.1 Å². The SMILES string of the molecule is OC(CNCC1(O)CCCC1)COc1ccc(Br)cc1. The van der Waals surface area contributed by atoms with Crippen LogP contribution in [-0.2, 0) is 0 Å². The summed E-state index contributed by atoms with van der Waals surface area (Å²) < 4.78 is 6.49. The first-order valence-electron chi connectivity index (χ1n) is 7.07. The van der Waals surface area contributed by atoms with Crippen LogP contribution in [0.2, 0.25) is 0 Å². The minimum atomic E-state index is -0.580. The molecule has 0 radical (unpaired) electrons. The normalized spacial score (nSPS) is 18.9. The number of halogens is 1. The Bertz CT molecular complexity index is 404. The molecule has 4 nitrogen and oxygen atoms in total. The maximum Gasteiger partial charge on any atom is 0.119 e. The van der Waals surface area contributed by atoms with Gasteiger partial charge in [0.2, 0.25) is 0 Å². The molecular weight excluding hydrogens is 322 g/mol. The van der Waals surface area contributed by atoms with Crippen molar-refractivity contribution in [3.63, 3.8) is 0 Å². The number of rotatable bonds is 7. The molecule has 0 bridgehead atoms. The fourth-order valence-corrected chi connectivity index (χ4v) is 2.73. The lowest BCUT2D eigenvalue weighted by Gasteiger charge is -2.23. The van der Waals surface area contributed by atoms with Gasteiger partial charge in [0.25, 0.3) is 0 Å². The van der Waals surface area contributed by atoms with Crippen LogP contribution < -0.4 is 10.1 Å². The number of benzene rings is 1. The van der Waals surface area contributed by atoms with Gasteiger partial charge in [0, 0.05) is 17.6 Å². The zero-order valence-electron chi connectivity index (χ0n) is 11.5. The first-order valence-corrected chi connectivity index (χ1v) is 7.86. The van der Waals surface area contributed by atoms with E-state index in [1.54, 1.807) is 0 Å². The van der Waals surface area contributed by atoms with Crippen LogP contribution in [0.4, 0.5) is 0 Å². The van der Waals surface area contributed by atoms with E-state index in [4.69, 9.17) is 4.74 Å². The molecule has 5 heteroatoms. The van der Waals surface area contributed by atoms with Crippen LogP contribution in [0.3, 0.4) is 0 Å². The molecule has 1 aromatic carbocycles. The second kappa shape index (κ2) is 7.41. The van der Waals surface area contributed by atoms with Crippen LogP contribution in [0.5, 0.6) is 5.75 Å². The predicted molar refractivity (Wildman–Crippen MR) is 81.9 cm³/mol. The molecule has 1 aliphatic rings. The number of ether oxygens (including phenoxy) is 1. The van der Waals surface area contributed by atoms with Crippen molar-refractivity contribution in [3.8, 4) is 5.75 Å². The van der Waals surface area contributed by atoms with Crippen molar-refractivity contribution in [3.05, 3.63) is 28.7 Å². The predicted octanol–water partition coefficient (Wildman–Crippen LogP) is 2.08. The summed E-state index contributed by atoms with van der Waals surface area (Å²) >= 11 is 3.36. The zero-order chi connectivity index (χ0) is 14.4. The smallest absolute Gasteiger partial charge is 0.119 e. The largest absolute Gasteiger partial charge is 0.491 e. The summed E-state index contributed by atoms with van der Waals surface area (Å²) in [6, 6.07) is 7.50. The molecule has 0 aliphatic heterocycles. The molecule has 0 aromatic heterocycles. The minimum absolute atomic E-state index is 0.243. The number of hydrogen-bond donors (Lipinski definition) is 3. The monoisotopic (exact) mass is 343 g/mol. The standard InChI is InChI=1S/C15H22BrNO3/c16-12-3-5-14(6-4-12)20-10-13(18)9-17-11-15(19)7-1-2-8-15/h3-6,13,17-19H,1-2,7-11H2. The van der Waals surface area contributed by atoms with Crippen LogP contribution in [0.15, 0.2) is 28.7 Å². The third kappa shape index (κ3) is 5.05. The zero-order valence-corrected chi connectivity index (χ0v) is 13.1. The van der Waals surface area contributed by atoms with Gasteiger partial charge in [-0.15, -0.1) is 0 Å². The third-order valence-electron chi connectivity index (χ3n) is 3.62. The van der Waals surface area contributed by atoms with Gasteiger partial charge in [-0.25, -0.2) is 0 Å². The molecule has 1 unspecified atom stereocenters. The van der Waals surface area contributed by atoms with Crippen molar-refractivity contribution in [1.82, 2.24) is 5.32 Å². The molecule has 0 heterocycles. The van der Waals surface area contributed by atoms with Crippen molar-refractivity contribution in [1.29, 1.82) is 0 Å².